The van der Waals surface area contributed by atoms with E-state index in [9.17, 15) is 4.79 Å². The largest absolute Gasteiger partial charge is 0.481 e. The summed E-state index contributed by atoms with van der Waals surface area (Å²) in [5.41, 5.74) is 3.96. The topological polar surface area (TPSA) is 50.2 Å². The average molecular weight is 263 g/mol. The van der Waals surface area contributed by atoms with Crippen LogP contribution in [0.2, 0.25) is 0 Å². The van der Waals surface area contributed by atoms with Crippen LogP contribution in [0.15, 0.2) is 60.8 Å². The second-order valence-electron chi connectivity index (χ2n) is 4.68. The van der Waals surface area contributed by atoms with Gasteiger partial charge in [0.15, 0.2) is 0 Å². The number of carboxylic acid groups (broad SMARTS) is 1. The molecule has 1 heterocycles. The second-order valence-corrected chi connectivity index (χ2v) is 4.68. The molecule has 0 amide bonds. The Bertz CT molecular complexity index is 763. The van der Waals surface area contributed by atoms with Gasteiger partial charge in [0.05, 0.1) is 11.9 Å². The molecule has 3 heteroatoms. The van der Waals surface area contributed by atoms with Crippen LogP contribution in [0.4, 0.5) is 0 Å². The van der Waals surface area contributed by atoms with Gasteiger partial charge < -0.3 is 5.11 Å². The van der Waals surface area contributed by atoms with Crippen molar-refractivity contribution in [2.45, 2.75) is 6.42 Å². The summed E-state index contributed by atoms with van der Waals surface area (Å²) in [6.07, 6.45) is 1.84. The van der Waals surface area contributed by atoms with Crippen LogP contribution in [0.5, 0.6) is 0 Å². The van der Waals surface area contributed by atoms with E-state index in [-0.39, 0.29) is 6.42 Å². The van der Waals surface area contributed by atoms with Gasteiger partial charge >= 0.3 is 5.97 Å². The molecule has 20 heavy (non-hydrogen) atoms. The van der Waals surface area contributed by atoms with Crippen LogP contribution >= 0.6 is 0 Å². The van der Waals surface area contributed by atoms with Crippen LogP contribution in [-0.2, 0) is 11.2 Å². The summed E-state index contributed by atoms with van der Waals surface area (Å²) in [6.45, 7) is 0. The van der Waals surface area contributed by atoms with E-state index < -0.39 is 5.97 Å². The molecule has 0 radical (unpaired) electrons. The van der Waals surface area contributed by atoms with Crippen LogP contribution in [-0.4, -0.2) is 16.1 Å². The summed E-state index contributed by atoms with van der Waals surface area (Å²) in [7, 11) is 0. The lowest BCUT2D eigenvalue weighted by atomic mass is 10.0. The fourth-order valence-corrected chi connectivity index (χ4v) is 2.24. The number of aromatic nitrogens is 1. The van der Waals surface area contributed by atoms with Gasteiger partial charge in [-0.25, -0.2) is 0 Å². The Hall–Kier alpha value is -2.68. The van der Waals surface area contributed by atoms with Crippen molar-refractivity contribution in [1.82, 2.24) is 4.98 Å². The average Bonchev–Trinajstić information content (AvgIpc) is 2.47. The molecular formula is C17H13NO2. The molecule has 0 aliphatic carbocycles. The molecular weight excluding hydrogens is 250 g/mol. The summed E-state index contributed by atoms with van der Waals surface area (Å²) in [5.74, 6) is -0.811. The number of pyridine rings is 1. The number of carboxylic acids is 1. The molecule has 1 aromatic heterocycles. The predicted octanol–water partition coefficient (Wildman–Crippen LogP) is 3.53. The summed E-state index contributed by atoms with van der Waals surface area (Å²) in [4.78, 5) is 15.0. The first kappa shape index (κ1) is 12.4. The summed E-state index contributed by atoms with van der Waals surface area (Å²) in [6, 6.07) is 17.7. The van der Waals surface area contributed by atoms with E-state index in [1.807, 2.05) is 48.5 Å². The second kappa shape index (κ2) is 5.13. The number of hydrogen-bond donors (Lipinski definition) is 1. The lowest BCUT2D eigenvalue weighted by Gasteiger charge is -2.05. The SMILES string of the molecule is O=C(O)Cc1ccc(-c2ccc3ncccc3c2)cc1. The molecule has 98 valence electrons. The van der Waals surface area contributed by atoms with Crippen molar-refractivity contribution >= 4 is 16.9 Å². The van der Waals surface area contributed by atoms with Gasteiger partial charge in [-0.2, -0.15) is 0 Å². The molecule has 0 unspecified atom stereocenters. The smallest absolute Gasteiger partial charge is 0.307 e. The molecule has 3 nitrogen and oxygen atoms in total. The number of fused-ring (bicyclic) bond motifs is 1. The molecule has 0 aliphatic heterocycles. The van der Waals surface area contributed by atoms with E-state index in [4.69, 9.17) is 5.11 Å². The fraction of sp³-hybridized carbons (Fsp3) is 0.0588. The van der Waals surface area contributed by atoms with Crippen molar-refractivity contribution in [2.75, 3.05) is 0 Å². The summed E-state index contributed by atoms with van der Waals surface area (Å²) in [5, 5.41) is 9.86. The van der Waals surface area contributed by atoms with Gasteiger partial charge in [0.25, 0.3) is 0 Å². The molecule has 1 N–H and O–H groups in total. The van der Waals surface area contributed by atoms with Crippen LogP contribution in [0, 0.1) is 0 Å². The molecule has 3 rings (SSSR count). The number of nitrogens with zero attached hydrogens (tertiary/aromatic N) is 1. The minimum absolute atomic E-state index is 0.0575. The summed E-state index contributed by atoms with van der Waals surface area (Å²) < 4.78 is 0. The fourth-order valence-electron chi connectivity index (χ4n) is 2.24. The molecule has 2 aromatic carbocycles. The van der Waals surface area contributed by atoms with Gasteiger partial charge in [0.2, 0.25) is 0 Å². The normalized spacial score (nSPS) is 10.6. The molecule has 0 spiro atoms. The van der Waals surface area contributed by atoms with Crippen molar-refractivity contribution in [3.8, 4) is 11.1 Å². The van der Waals surface area contributed by atoms with Crippen molar-refractivity contribution in [1.29, 1.82) is 0 Å². The van der Waals surface area contributed by atoms with Gasteiger partial charge in [-0.05, 0) is 34.9 Å². The minimum Gasteiger partial charge on any atom is -0.481 e. The van der Waals surface area contributed by atoms with E-state index in [1.165, 1.54) is 0 Å². The van der Waals surface area contributed by atoms with Crippen molar-refractivity contribution < 1.29 is 9.90 Å². The highest BCUT2D eigenvalue weighted by Gasteiger charge is 2.03. The molecule has 0 saturated carbocycles. The zero-order chi connectivity index (χ0) is 13.9. The Kier molecular flexibility index (Phi) is 3.17. The third-order valence-electron chi connectivity index (χ3n) is 3.25. The molecule has 0 aliphatic rings. The quantitative estimate of drug-likeness (QED) is 0.786. The third kappa shape index (κ3) is 2.52. The van der Waals surface area contributed by atoms with E-state index in [2.05, 4.69) is 11.1 Å². The Morgan fingerprint density at radius 2 is 1.75 bits per heavy atom. The lowest BCUT2D eigenvalue weighted by molar-refractivity contribution is -0.136. The van der Waals surface area contributed by atoms with E-state index in [0.29, 0.717) is 0 Å². The Labute approximate surface area is 116 Å². The molecule has 0 saturated heterocycles. The van der Waals surface area contributed by atoms with E-state index >= 15 is 0 Å². The maximum absolute atomic E-state index is 10.7. The minimum atomic E-state index is -0.811. The van der Waals surface area contributed by atoms with Crippen molar-refractivity contribution in [3.63, 3.8) is 0 Å². The first-order chi connectivity index (χ1) is 9.72. The first-order valence-electron chi connectivity index (χ1n) is 6.38. The van der Waals surface area contributed by atoms with Crippen LogP contribution < -0.4 is 0 Å². The maximum Gasteiger partial charge on any atom is 0.307 e. The number of aliphatic carboxylic acids is 1. The molecule has 0 atom stereocenters. The number of hydrogen-bond acceptors (Lipinski definition) is 2. The number of carbonyl (C=O) groups is 1. The van der Waals surface area contributed by atoms with Gasteiger partial charge in [0.1, 0.15) is 0 Å². The lowest BCUT2D eigenvalue weighted by Crippen LogP contribution is -1.99. The predicted molar refractivity (Wildman–Crippen MR) is 78.5 cm³/mol. The molecule has 0 bridgehead atoms. The summed E-state index contributed by atoms with van der Waals surface area (Å²) >= 11 is 0. The van der Waals surface area contributed by atoms with Gasteiger partial charge in [-0.3, -0.25) is 9.78 Å². The first-order valence-corrected chi connectivity index (χ1v) is 6.38. The highest BCUT2D eigenvalue weighted by Crippen LogP contribution is 2.23. The Morgan fingerprint density at radius 1 is 1.00 bits per heavy atom. The highest BCUT2D eigenvalue weighted by atomic mass is 16.4. The zero-order valence-electron chi connectivity index (χ0n) is 10.8. The van der Waals surface area contributed by atoms with Crippen LogP contribution in [0.25, 0.3) is 22.0 Å². The van der Waals surface area contributed by atoms with Gasteiger partial charge in [0, 0.05) is 11.6 Å². The third-order valence-corrected chi connectivity index (χ3v) is 3.25. The Morgan fingerprint density at radius 3 is 2.50 bits per heavy atom. The van der Waals surface area contributed by atoms with Crippen molar-refractivity contribution in [3.05, 3.63) is 66.4 Å². The van der Waals surface area contributed by atoms with E-state index in [0.717, 1.165) is 27.6 Å². The van der Waals surface area contributed by atoms with Crippen LogP contribution in [0.1, 0.15) is 5.56 Å². The standard InChI is InChI=1S/C17H13NO2/c19-17(20)10-12-3-5-13(6-4-12)14-7-8-16-15(11-14)2-1-9-18-16/h1-9,11H,10H2,(H,19,20). The monoisotopic (exact) mass is 263 g/mol. The van der Waals surface area contributed by atoms with E-state index in [1.54, 1.807) is 6.20 Å². The number of benzene rings is 2. The molecule has 3 aromatic rings. The van der Waals surface area contributed by atoms with Crippen molar-refractivity contribution in [2.24, 2.45) is 0 Å². The highest BCUT2D eigenvalue weighted by molar-refractivity contribution is 5.84. The zero-order valence-corrected chi connectivity index (χ0v) is 10.8. The van der Waals surface area contributed by atoms with Gasteiger partial charge in [-0.1, -0.05) is 36.4 Å². The number of rotatable bonds is 3. The Balaban J connectivity index is 1.96. The maximum atomic E-state index is 10.7. The van der Waals surface area contributed by atoms with Crippen LogP contribution in [0.3, 0.4) is 0 Å². The molecule has 0 fully saturated rings. The van der Waals surface area contributed by atoms with Gasteiger partial charge in [-0.15, -0.1) is 0 Å².